The van der Waals surface area contributed by atoms with Crippen molar-refractivity contribution in [3.8, 4) is 0 Å². The number of hydrogen-bond donors (Lipinski definition) is 0. The standard InChI is InChI=1S/C10H21N/c1-5-8-11(7-3)9-10(4)6-2/h5,10H,1,6-9H2,2-4H3. The zero-order valence-electron chi connectivity index (χ0n) is 8.14. The van der Waals surface area contributed by atoms with Gasteiger partial charge in [-0.25, -0.2) is 0 Å². The van der Waals surface area contributed by atoms with E-state index in [2.05, 4.69) is 32.3 Å². The molecule has 0 aliphatic heterocycles. The van der Waals surface area contributed by atoms with Gasteiger partial charge in [0.05, 0.1) is 0 Å². The van der Waals surface area contributed by atoms with E-state index in [0.717, 1.165) is 19.0 Å². The van der Waals surface area contributed by atoms with Crippen LogP contribution >= 0.6 is 0 Å². The van der Waals surface area contributed by atoms with E-state index in [1.165, 1.54) is 13.0 Å². The van der Waals surface area contributed by atoms with Gasteiger partial charge in [-0.05, 0) is 12.5 Å². The van der Waals surface area contributed by atoms with Crippen molar-refractivity contribution in [3.05, 3.63) is 12.7 Å². The van der Waals surface area contributed by atoms with Crippen LogP contribution in [0.4, 0.5) is 0 Å². The van der Waals surface area contributed by atoms with Gasteiger partial charge in [0.25, 0.3) is 0 Å². The van der Waals surface area contributed by atoms with Crippen LogP contribution < -0.4 is 0 Å². The third-order valence-electron chi connectivity index (χ3n) is 2.10. The molecule has 0 fully saturated rings. The maximum Gasteiger partial charge on any atom is 0.0160 e. The summed E-state index contributed by atoms with van der Waals surface area (Å²) in [6, 6.07) is 0. The predicted molar refractivity (Wildman–Crippen MR) is 51.8 cm³/mol. The van der Waals surface area contributed by atoms with E-state index in [1.54, 1.807) is 0 Å². The SMILES string of the molecule is C=CCN(CC)CC(C)CC. The molecule has 1 atom stereocenters. The maximum atomic E-state index is 3.74. The monoisotopic (exact) mass is 155 g/mol. The van der Waals surface area contributed by atoms with Crippen molar-refractivity contribution < 1.29 is 0 Å². The maximum absolute atomic E-state index is 3.74. The lowest BCUT2D eigenvalue weighted by molar-refractivity contribution is 0.269. The Labute approximate surface area is 71.1 Å². The molecule has 0 aliphatic carbocycles. The highest BCUT2D eigenvalue weighted by Gasteiger charge is 2.04. The molecule has 0 saturated carbocycles. The third kappa shape index (κ3) is 5.02. The number of likely N-dealkylation sites (N-methyl/N-ethyl adjacent to an activating group) is 1. The third-order valence-corrected chi connectivity index (χ3v) is 2.10. The Hall–Kier alpha value is -0.300. The number of rotatable bonds is 6. The summed E-state index contributed by atoms with van der Waals surface area (Å²) in [5.41, 5.74) is 0. The van der Waals surface area contributed by atoms with Crippen molar-refractivity contribution in [2.45, 2.75) is 27.2 Å². The smallest absolute Gasteiger partial charge is 0.0160 e. The summed E-state index contributed by atoms with van der Waals surface area (Å²) < 4.78 is 0. The molecule has 0 bridgehead atoms. The van der Waals surface area contributed by atoms with Crippen LogP contribution in [0, 0.1) is 5.92 Å². The Morgan fingerprint density at radius 3 is 2.45 bits per heavy atom. The first-order chi connectivity index (χ1) is 5.24. The van der Waals surface area contributed by atoms with Gasteiger partial charge in [-0.3, -0.25) is 4.90 Å². The summed E-state index contributed by atoms with van der Waals surface area (Å²) in [7, 11) is 0. The molecule has 1 unspecified atom stereocenters. The summed E-state index contributed by atoms with van der Waals surface area (Å²) in [4.78, 5) is 2.42. The first-order valence-corrected chi connectivity index (χ1v) is 4.57. The minimum atomic E-state index is 0.815. The summed E-state index contributed by atoms with van der Waals surface area (Å²) >= 11 is 0. The topological polar surface area (TPSA) is 3.24 Å². The molecule has 1 nitrogen and oxygen atoms in total. The molecule has 0 radical (unpaired) electrons. The molecular formula is C10H21N. The van der Waals surface area contributed by atoms with Crippen LogP contribution in [0.3, 0.4) is 0 Å². The van der Waals surface area contributed by atoms with Gasteiger partial charge in [-0.1, -0.05) is 33.3 Å². The van der Waals surface area contributed by atoms with Gasteiger partial charge in [-0.15, -0.1) is 6.58 Å². The van der Waals surface area contributed by atoms with Gasteiger partial charge < -0.3 is 0 Å². The molecule has 0 aromatic heterocycles. The first kappa shape index (κ1) is 10.7. The minimum Gasteiger partial charge on any atom is -0.300 e. The van der Waals surface area contributed by atoms with E-state index in [-0.39, 0.29) is 0 Å². The van der Waals surface area contributed by atoms with Crippen LogP contribution in [0.1, 0.15) is 27.2 Å². The van der Waals surface area contributed by atoms with Crippen LogP contribution in [0.15, 0.2) is 12.7 Å². The van der Waals surface area contributed by atoms with E-state index in [0.29, 0.717) is 0 Å². The quantitative estimate of drug-likeness (QED) is 0.533. The predicted octanol–water partition coefficient (Wildman–Crippen LogP) is 2.54. The molecule has 0 aliphatic rings. The van der Waals surface area contributed by atoms with Crippen molar-refractivity contribution in [1.82, 2.24) is 4.90 Å². The lowest BCUT2D eigenvalue weighted by Crippen LogP contribution is -2.28. The van der Waals surface area contributed by atoms with Gasteiger partial charge in [0.15, 0.2) is 0 Å². The fourth-order valence-electron chi connectivity index (χ4n) is 1.09. The second-order valence-electron chi connectivity index (χ2n) is 3.15. The summed E-state index contributed by atoms with van der Waals surface area (Å²) in [6.07, 6.45) is 3.25. The highest BCUT2D eigenvalue weighted by molar-refractivity contribution is 4.73. The molecule has 0 amide bonds. The average molecular weight is 155 g/mol. The second kappa shape index (κ2) is 6.41. The van der Waals surface area contributed by atoms with Crippen molar-refractivity contribution in [3.63, 3.8) is 0 Å². The number of hydrogen-bond acceptors (Lipinski definition) is 1. The van der Waals surface area contributed by atoms with E-state index < -0.39 is 0 Å². The lowest BCUT2D eigenvalue weighted by Gasteiger charge is -2.21. The first-order valence-electron chi connectivity index (χ1n) is 4.57. The fraction of sp³-hybridized carbons (Fsp3) is 0.800. The summed E-state index contributed by atoms with van der Waals surface area (Å²) in [5, 5.41) is 0. The van der Waals surface area contributed by atoms with Crippen LogP contribution in [0.2, 0.25) is 0 Å². The molecule has 0 aromatic carbocycles. The Bertz CT molecular complexity index is 99.0. The lowest BCUT2D eigenvalue weighted by atomic mass is 10.1. The molecule has 0 heterocycles. The second-order valence-corrected chi connectivity index (χ2v) is 3.15. The highest BCUT2D eigenvalue weighted by atomic mass is 15.1. The van der Waals surface area contributed by atoms with E-state index in [4.69, 9.17) is 0 Å². The van der Waals surface area contributed by atoms with Gasteiger partial charge >= 0.3 is 0 Å². The molecular weight excluding hydrogens is 134 g/mol. The zero-order chi connectivity index (χ0) is 8.69. The molecule has 0 spiro atoms. The minimum absolute atomic E-state index is 0.815. The molecule has 0 rings (SSSR count). The van der Waals surface area contributed by atoms with E-state index in [9.17, 15) is 0 Å². The molecule has 0 N–H and O–H groups in total. The largest absolute Gasteiger partial charge is 0.300 e. The van der Waals surface area contributed by atoms with Gasteiger partial charge in [0, 0.05) is 13.1 Å². The Morgan fingerprint density at radius 1 is 1.45 bits per heavy atom. The van der Waals surface area contributed by atoms with Crippen molar-refractivity contribution in [2.75, 3.05) is 19.6 Å². The van der Waals surface area contributed by atoms with Crippen LogP contribution in [-0.4, -0.2) is 24.5 Å². The molecule has 11 heavy (non-hydrogen) atoms. The van der Waals surface area contributed by atoms with Gasteiger partial charge in [0.2, 0.25) is 0 Å². The highest BCUT2D eigenvalue weighted by Crippen LogP contribution is 2.03. The Morgan fingerprint density at radius 2 is 2.09 bits per heavy atom. The normalized spacial score (nSPS) is 13.5. The Balaban J connectivity index is 3.57. The van der Waals surface area contributed by atoms with Gasteiger partial charge in [-0.2, -0.15) is 0 Å². The summed E-state index contributed by atoms with van der Waals surface area (Å²) in [6.45, 7) is 13.9. The molecule has 0 saturated heterocycles. The van der Waals surface area contributed by atoms with Crippen molar-refractivity contribution in [2.24, 2.45) is 5.92 Å². The number of nitrogens with zero attached hydrogens (tertiary/aromatic N) is 1. The molecule has 66 valence electrons. The molecule has 0 aromatic rings. The molecule has 1 heteroatoms. The van der Waals surface area contributed by atoms with E-state index >= 15 is 0 Å². The van der Waals surface area contributed by atoms with Gasteiger partial charge in [0.1, 0.15) is 0 Å². The van der Waals surface area contributed by atoms with Crippen molar-refractivity contribution >= 4 is 0 Å². The van der Waals surface area contributed by atoms with Crippen LogP contribution in [0.5, 0.6) is 0 Å². The Kier molecular flexibility index (Phi) is 6.24. The summed E-state index contributed by atoms with van der Waals surface area (Å²) in [5.74, 6) is 0.815. The van der Waals surface area contributed by atoms with Crippen molar-refractivity contribution in [1.29, 1.82) is 0 Å². The average Bonchev–Trinajstić information content (AvgIpc) is 2.03. The van der Waals surface area contributed by atoms with Crippen LogP contribution in [0.25, 0.3) is 0 Å². The van der Waals surface area contributed by atoms with Crippen LogP contribution in [-0.2, 0) is 0 Å². The zero-order valence-corrected chi connectivity index (χ0v) is 8.14. The fourth-order valence-corrected chi connectivity index (χ4v) is 1.09. The van der Waals surface area contributed by atoms with E-state index in [1.807, 2.05) is 6.08 Å².